The highest BCUT2D eigenvalue weighted by Gasteiger charge is 2.26. The maximum Gasteiger partial charge on any atom is 0.317 e. The van der Waals surface area contributed by atoms with Gasteiger partial charge in [-0.1, -0.05) is 0 Å². The van der Waals surface area contributed by atoms with E-state index in [-0.39, 0.29) is 18.7 Å². The molecule has 0 aromatic heterocycles. The molecule has 1 aliphatic carbocycles. The van der Waals surface area contributed by atoms with Crippen molar-refractivity contribution in [2.45, 2.75) is 31.4 Å². The van der Waals surface area contributed by atoms with E-state index < -0.39 is 5.97 Å². The Morgan fingerprint density at radius 3 is 3.00 bits per heavy atom. The Morgan fingerprint density at radius 1 is 1.67 bits per heavy atom. The number of methoxy groups -OCH3 is 1. The molecule has 1 fully saturated rings. The quantitative estimate of drug-likeness (QED) is 0.639. The van der Waals surface area contributed by atoms with Crippen molar-refractivity contribution in [2.75, 3.05) is 13.7 Å². The number of carboxylic acid groups (broad SMARTS) is 1. The van der Waals surface area contributed by atoms with Gasteiger partial charge in [-0.25, -0.2) is 0 Å². The monoisotopic (exact) mass is 173 g/mol. The summed E-state index contributed by atoms with van der Waals surface area (Å²) in [6.45, 7) is 0.0323. The topological polar surface area (TPSA) is 58.6 Å². The molecule has 70 valence electrons. The van der Waals surface area contributed by atoms with Crippen molar-refractivity contribution in [2.24, 2.45) is 0 Å². The van der Waals surface area contributed by atoms with Crippen LogP contribution in [0.5, 0.6) is 0 Å². The van der Waals surface area contributed by atoms with Gasteiger partial charge in [-0.2, -0.15) is 0 Å². The first-order chi connectivity index (χ1) is 5.74. The Labute approximate surface area is 71.9 Å². The Hall–Kier alpha value is -0.610. The molecule has 1 rings (SSSR count). The van der Waals surface area contributed by atoms with Crippen LogP contribution in [0.15, 0.2) is 0 Å². The highest BCUT2D eigenvalue weighted by Crippen LogP contribution is 2.20. The van der Waals surface area contributed by atoms with Crippen molar-refractivity contribution in [3.8, 4) is 0 Å². The van der Waals surface area contributed by atoms with Gasteiger partial charge in [0.1, 0.15) is 0 Å². The van der Waals surface area contributed by atoms with Crippen molar-refractivity contribution in [3.63, 3.8) is 0 Å². The molecule has 2 atom stereocenters. The lowest BCUT2D eigenvalue weighted by atomic mass is 10.2. The van der Waals surface area contributed by atoms with E-state index in [4.69, 9.17) is 9.84 Å². The van der Waals surface area contributed by atoms with E-state index in [2.05, 4.69) is 5.32 Å². The average Bonchev–Trinajstić information content (AvgIpc) is 2.47. The first-order valence-corrected chi connectivity index (χ1v) is 4.22. The predicted molar refractivity (Wildman–Crippen MR) is 44.1 cm³/mol. The molecular weight excluding hydrogens is 158 g/mol. The van der Waals surface area contributed by atoms with Crippen LogP contribution in [-0.4, -0.2) is 36.9 Å². The lowest BCUT2D eigenvalue weighted by Crippen LogP contribution is -2.39. The van der Waals surface area contributed by atoms with Gasteiger partial charge in [0.05, 0.1) is 12.6 Å². The van der Waals surface area contributed by atoms with Gasteiger partial charge in [0.2, 0.25) is 0 Å². The molecule has 1 saturated carbocycles. The van der Waals surface area contributed by atoms with Crippen LogP contribution < -0.4 is 5.32 Å². The number of nitrogens with one attached hydrogen (secondary N) is 1. The summed E-state index contributed by atoms with van der Waals surface area (Å²) in [4.78, 5) is 10.2. The summed E-state index contributed by atoms with van der Waals surface area (Å²) >= 11 is 0. The molecule has 0 saturated heterocycles. The number of rotatable bonds is 4. The van der Waals surface area contributed by atoms with E-state index in [0.29, 0.717) is 0 Å². The number of ether oxygens (including phenoxy) is 1. The van der Waals surface area contributed by atoms with Crippen LogP contribution in [0.4, 0.5) is 0 Å². The van der Waals surface area contributed by atoms with Gasteiger partial charge in [-0.15, -0.1) is 0 Å². The predicted octanol–water partition coefficient (Wildman–Crippen LogP) is 0.228. The second kappa shape index (κ2) is 4.42. The fourth-order valence-corrected chi connectivity index (χ4v) is 1.66. The van der Waals surface area contributed by atoms with Crippen LogP contribution in [0.3, 0.4) is 0 Å². The third-order valence-electron chi connectivity index (χ3n) is 2.27. The molecule has 0 radical (unpaired) electrons. The molecular formula is C8H15NO3. The molecule has 0 spiro atoms. The normalized spacial score (nSPS) is 29.1. The molecule has 0 heterocycles. The van der Waals surface area contributed by atoms with Crippen molar-refractivity contribution >= 4 is 5.97 Å². The van der Waals surface area contributed by atoms with E-state index in [1.165, 1.54) is 0 Å². The second-order valence-electron chi connectivity index (χ2n) is 3.09. The van der Waals surface area contributed by atoms with Gasteiger partial charge in [0.25, 0.3) is 0 Å². The van der Waals surface area contributed by atoms with E-state index in [9.17, 15) is 4.79 Å². The highest BCUT2D eigenvalue weighted by molar-refractivity contribution is 5.69. The number of carbonyl (C=O) groups is 1. The number of carboxylic acids is 1. The minimum Gasteiger partial charge on any atom is -0.480 e. The second-order valence-corrected chi connectivity index (χ2v) is 3.09. The zero-order chi connectivity index (χ0) is 8.97. The third-order valence-corrected chi connectivity index (χ3v) is 2.27. The van der Waals surface area contributed by atoms with Crippen LogP contribution >= 0.6 is 0 Å². The molecule has 0 aromatic carbocycles. The Morgan fingerprint density at radius 2 is 2.42 bits per heavy atom. The molecule has 12 heavy (non-hydrogen) atoms. The summed E-state index contributed by atoms with van der Waals surface area (Å²) in [5.41, 5.74) is 0. The standard InChI is InChI=1S/C8H15NO3/c1-12-7-4-2-3-6(7)9-5-8(10)11/h6-7,9H,2-5H2,1H3,(H,10,11). The minimum absolute atomic E-state index is 0.0323. The third kappa shape index (κ3) is 2.46. The molecule has 0 amide bonds. The zero-order valence-electron chi connectivity index (χ0n) is 7.25. The van der Waals surface area contributed by atoms with Crippen LogP contribution in [-0.2, 0) is 9.53 Å². The highest BCUT2D eigenvalue weighted by atomic mass is 16.5. The first-order valence-electron chi connectivity index (χ1n) is 4.22. The zero-order valence-corrected chi connectivity index (χ0v) is 7.25. The smallest absolute Gasteiger partial charge is 0.317 e. The van der Waals surface area contributed by atoms with Crippen molar-refractivity contribution in [1.82, 2.24) is 5.32 Å². The lowest BCUT2D eigenvalue weighted by Gasteiger charge is -2.18. The largest absolute Gasteiger partial charge is 0.480 e. The van der Waals surface area contributed by atoms with Crippen LogP contribution in [0, 0.1) is 0 Å². The summed E-state index contributed by atoms with van der Waals surface area (Å²) in [6.07, 6.45) is 3.37. The Bertz CT molecular complexity index is 160. The molecule has 0 bridgehead atoms. The molecule has 0 aliphatic heterocycles. The van der Waals surface area contributed by atoms with E-state index in [1.807, 2.05) is 0 Å². The number of aliphatic carboxylic acids is 1. The summed E-state index contributed by atoms with van der Waals surface area (Å²) in [7, 11) is 1.67. The maximum atomic E-state index is 10.2. The van der Waals surface area contributed by atoms with Gasteiger partial charge >= 0.3 is 5.97 Å². The van der Waals surface area contributed by atoms with Gasteiger partial charge in [0.15, 0.2) is 0 Å². The molecule has 1 aliphatic rings. The van der Waals surface area contributed by atoms with E-state index in [0.717, 1.165) is 19.3 Å². The molecule has 4 heteroatoms. The van der Waals surface area contributed by atoms with Crippen LogP contribution in [0.1, 0.15) is 19.3 Å². The molecule has 2 N–H and O–H groups in total. The van der Waals surface area contributed by atoms with Crippen molar-refractivity contribution in [3.05, 3.63) is 0 Å². The SMILES string of the molecule is COC1CCCC1NCC(=O)O. The van der Waals surface area contributed by atoms with Crippen molar-refractivity contribution in [1.29, 1.82) is 0 Å². The van der Waals surface area contributed by atoms with Gasteiger partial charge in [-0.05, 0) is 19.3 Å². The first kappa shape index (κ1) is 9.48. The Balaban J connectivity index is 2.26. The van der Waals surface area contributed by atoms with Crippen molar-refractivity contribution < 1.29 is 14.6 Å². The molecule has 0 aromatic rings. The van der Waals surface area contributed by atoms with Gasteiger partial charge < -0.3 is 15.2 Å². The summed E-state index contributed by atoms with van der Waals surface area (Å²) in [6, 6.07) is 0.228. The average molecular weight is 173 g/mol. The maximum absolute atomic E-state index is 10.2. The fourth-order valence-electron chi connectivity index (χ4n) is 1.66. The molecule has 4 nitrogen and oxygen atoms in total. The van der Waals surface area contributed by atoms with E-state index in [1.54, 1.807) is 7.11 Å². The lowest BCUT2D eigenvalue weighted by molar-refractivity contribution is -0.136. The van der Waals surface area contributed by atoms with Gasteiger partial charge in [-0.3, -0.25) is 4.79 Å². The molecule has 2 unspecified atom stereocenters. The minimum atomic E-state index is -0.809. The summed E-state index contributed by atoms with van der Waals surface area (Å²) in [5.74, 6) is -0.809. The Kier molecular flexibility index (Phi) is 3.49. The number of hydrogen-bond donors (Lipinski definition) is 2. The number of hydrogen-bond acceptors (Lipinski definition) is 3. The summed E-state index contributed by atoms with van der Waals surface area (Å²) in [5, 5.41) is 11.4. The van der Waals surface area contributed by atoms with Gasteiger partial charge in [0, 0.05) is 13.2 Å². The fraction of sp³-hybridized carbons (Fsp3) is 0.875. The summed E-state index contributed by atoms with van der Waals surface area (Å²) < 4.78 is 5.20. The van der Waals surface area contributed by atoms with E-state index >= 15 is 0 Å². The van der Waals surface area contributed by atoms with Crippen LogP contribution in [0.25, 0.3) is 0 Å². The van der Waals surface area contributed by atoms with Crippen LogP contribution in [0.2, 0.25) is 0 Å².